The molecule has 0 radical (unpaired) electrons. The first-order chi connectivity index (χ1) is 8.48. The normalized spacial score (nSPS) is 21.9. The van der Waals surface area contributed by atoms with Crippen molar-refractivity contribution < 1.29 is 0 Å². The van der Waals surface area contributed by atoms with E-state index in [9.17, 15) is 0 Å². The quantitative estimate of drug-likeness (QED) is 0.856. The van der Waals surface area contributed by atoms with Crippen molar-refractivity contribution in [2.75, 3.05) is 0 Å². The van der Waals surface area contributed by atoms with Crippen LogP contribution in [0.5, 0.6) is 0 Å². The third-order valence-corrected chi connectivity index (χ3v) is 4.51. The number of thiazole rings is 1. The van der Waals surface area contributed by atoms with E-state index in [2.05, 4.69) is 36.4 Å². The highest BCUT2D eigenvalue weighted by Gasteiger charge is 2.33. The van der Waals surface area contributed by atoms with Crippen molar-refractivity contribution in [3.8, 4) is 5.13 Å². The number of fused-ring (bicyclic) bond motifs is 1. The van der Waals surface area contributed by atoms with Crippen LogP contribution in [-0.4, -0.2) is 9.55 Å². The summed E-state index contributed by atoms with van der Waals surface area (Å²) in [7, 11) is 0. The monoisotopic (exact) mass is 261 g/mol. The van der Waals surface area contributed by atoms with Gasteiger partial charge in [-0.15, -0.1) is 11.3 Å². The molecule has 0 bridgehead atoms. The molecule has 2 aromatic rings. The zero-order valence-electron chi connectivity index (χ0n) is 11.1. The van der Waals surface area contributed by atoms with E-state index in [0.717, 1.165) is 18.0 Å². The van der Waals surface area contributed by atoms with Crippen LogP contribution < -0.4 is 5.73 Å². The second-order valence-electron chi connectivity index (χ2n) is 5.99. The van der Waals surface area contributed by atoms with Crippen LogP contribution in [0.1, 0.15) is 43.3 Å². The number of rotatable bonds is 1. The van der Waals surface area contributed by atoms with Crippen LogP contribution in [0.3, 0.4) is 0 Å². The SMILES string of the molecule is Cc1cc2c(n1-c1nccs1)CC(C)(C)CC2N. The fourth-order valence-corrected chi connectivity index (χ4v) is 3.77. The van der Waals surface area contributed by atoms with Crippen molar-refractivity contribution in [2.24, 2.45) is 11.1 Å². The minimum absolute atomic E-state index is 0.156. The van der Waals surface area contributed by atoms with Gasteiger partial charge in [0.1, 0.15) is 0 Å². The third-order valence-electron chi connectivity index (χ3n) is 3.75. The van der Waals surface area contributed by atoms with E-state index in [1.54, 1.807) is 11.3 Å². The summed E-state index contributed by atoms with van der Waals surface area (Å²) in [5, 5.41) is 3.08. The van der Waals surface area contributed by atoms with Gasteiger partial charge in [0.05, 0.1) is 0 Å². The zero-order valence-corrected chi connectivity index (χ0v) is 11.9. The van der Waals surface area contributed by atoms with Crippen molar-refractivity contribution in [1.29, 1.82) is 0 Å². The lowest BCUT2D eigenvalue weighted by Crippen LogP contribution is -2.30. The summed E-state index contributed by atoms with van der Waals surface area (Å²) in [5.41, 5.74) is 10.5. The minimum atomic E-state index is 0.156. The highest BCUT2D eigenvalue weighted by atomic mass is 32.1. The molecule has 1 atom stereocenters. The Balaban J connectivity index is 2.18. The summed E-state index contributed by atoms with van der Waals surface area (Å²) in [6.45, 7) is 6.73. The molecule has 0 spiro atoms. The molecule has 3 rings (SSSR count). The van der Waals surface area contributed by atoms with E-state index < -0.39 is 0 Å². The average molecular weight is 261 g/mol. The predicted molar refractivity (Wildman–Crippen MR) is 75.2 cm³/mol. The van der Waals surface area contributed by atoms with Crippen molar-refractivity contribution >= 4 is 11.3 Å². The number of hydrogen-bond donors (Lipinski definition) is 1. The van der Waals surface area contributed by atoms with Gasteiger partial charge in [0.25, 0.3) is 0 Å². The highest BCUT2D eigenvalue weighted by molar-refractivity contribution is 7.12. The molecule has 1 aliphatic carbocycles. The molecule has 0 aliphatic heterocycles. The van der Waals surface area contributed by atoms with Gasteiger partial charge in [-0.1, -0.05) is 13.8 Å². The van der Waals surface area contributed by atoms with Gasteiger partial charge >= 0.3 is 0 Å². The third kappa shape index (κ3) is 1.80. The molecule has 18 heavy (non-hydrogen) atoms. The topological polar surface area (TPSA) is 43.8 Å². The maximum atomic E-state index is 6.33. The van der Waals surface area contributed by atoms with Gasteiger partial charge in [0, 0.05) is 29.0 Å². The zero-order chi connectivity index (χ0) is 12.9. The fourth-order valence-electron chi connectivity index (χ4n) is 3.04. The Morgan fingerprint density at radius 3 is 2.94 bits per heavy atom. The van der Waals surface area contributed by atoms with E-state index >= 15 is 0 Å². The first-order valence-electron chi connectivity index (χ1n) is 6.34. The lowest BCUT2D eigenvalue weighted by molar-refractivity contribution is 0.278. The van der Waals surface area contributed by atoms with Gasteiger partial charge < -0.3 is 5.73 Å². The first-order valence-corrected chi connectivity index (χ1v) is 7.22. The average Bonchev–Trinajstić information content (AvgIpc) is 2.83. The van der Waals surface area contributed by atoms with Gasteiger partial charge in [-0.25, -0.2) is 4.98 Å². The molecule has 3 nitrogen and oxygen atoms in total. The van der Waals surface area contributed by atoms with Crippen LogP contribution in [0, 0.1) is 12.3 Å². The van der Waals surface area contributed by atoms with Gasteiger partial charge in [-0.3, -0.25) is 4.57 Å². The predicted octanol–water partition coefficient (Wildman–Crippen LogP) is 3.21. The lowest BCUT2D eigenvalue weighted by atomic mass is 9.74. The summed E-state index contributed by atoms with van der Waals surface area (Å²) in [5.74, 6) is 0. The van der Waals surface area contributed by atoms with Crippen LogP contribution >= 0.6 is 11.3 Å². The second kappa shape index (κ2) is 3.93. The molecular weight excluding hydrogens is 242 g/mol. The van der Waals surface area contributed by atoms with Gasteiger partial charge in [0.2, 0.25) is 0 Å². The molecular formula is C14H19N3S. The Morgan fingerprint density at radius 1 is 1.50 bits per heavy atom. The molecule has 0 amide bonds. The van der Waals surface area contributed by atoms with E-state index in [1.165, 1.54) is 17.0 Å². The van der Waals surface area contributed by atoms with E-state index in [0.29, 0.717) is 0 Å². The molecule has 1 aliphatic rings. The number of aromatic nitrogens is 2. The van der Waals surface area contributed by atoms with Crippen molar-refractivity contribution in [1.82, 2.24) is 9.55 Å². The van der Waals surface area contributed by atoms with E-state index in [4.69, 9.17) is 5.73 Å². The van der Waals surface area contributed by atoms with Gasteiger partial charge in [-0.05, 0) is 36.8 Å². The second-order valence-corrected chi connectivity index (χ2v) is 6.86. The number of hydrogen-bond acceptors (Lipinski definition) is 3. The van der Waals surface area contributed by atoms with Crippen molar-refractivity contribution in [2.45, 2.75) is 39.7 Å². The maximum absolute atomic E-state index is 6.33. The summed E-state index contributed by atoms with van der Waals surface area (Å²) in [6.07, 6.45) is 3.99. The van der Waals surface area contributed by atoms with Crippen molar-refractivity contribution in [3.63, 3.8) is 0 Å². The van der Waals surface area contributed by atoms with Crippen LogP contribution in [0.15, 0.2) is 17.6 Å². The Bertz CT molecular complexity index is 566. The number of nitrogens with two attached hydrogens (primary N) is 1. The first kappa shape index (κ1) is 11.9. The summed E-state index contributed by atoms with van der Waals surface area (Å²) in [4.78, 5) is 4.44. The lowest BCUT2D eigenvalue weighted by Gasteiger charge is -2.34. The standard InChI is InChI=1S/C14H19N3S/c1-9-6-10-11(15)7-14(2,3)8-12(10)17(9)13-16-4-5-18-13/h4-6,11H,7-8,15H2,1-3H3. The molecule has 2 aromatic heterocycles. The van der Waals surface area contributed by atoms with E-state index in [-0.39, 0.29) is 11.5 Å². The smallest absolute Gasteiger partial charge is 0.193 e. The molecule has 2 N–H and O–H groups in total. The van der Waals surface area contributed by atoms with E-state index in [1.807, 2.05) is 11.6 Å². The Kier molecular flexibility index (Phi) is 2.61. The Hall–Kier alpha value is -1.13. The Morgan fingerprint density at radius 2 is 2.28 bits per heavy atom. The maximum Gasteiger partial charge on any atom is 0.193 e. The molecule has 2 heterocycles. The minimum Gasteiger partial charge on any atom is -0.324 e. The fraction of sp³-hybridized carbons (Fsp3) is 0.500. The highest BCUT2D eigenvalue weighted by Crippen LogP contribution is 2.41. The van der Waals surface area contributed by atoms with Crippen LogP contribution in [0.4, 0.5) is 0 Å². The van der Waals surface area contributed by atoms with Gasteiger partial charge in [0.15, 0.2) is 5.13 Å². The molecule has 0 fully saturated rings. The molecule has 4 heteroatoms. The molecule has 96 valence electrons. The number of nitrogens with zero attached hydrogens (tertiary/aromatic N) is 2. The molecule has 0 saturated heterocycles. The number of aryl methyl sites for hydroxylation is 1. The summed E-state index contributed by atoms with van der Waals surface area (Å²) in [6, 6.07) is 2.39. The van der Waals surface area contributed by atoms with Crippen LogP contribution in [-0.2, 0) is 6.42 Å². The molecule has 0 aromatic carbocycles. The largest absolute Gasteiger partial charge is 0.324 e. The van der Waals surface area contributed by atoms with Crippen LogP contribution in [0.25, 0.3) is 5.13 Å². The molecule has 0 saturated carbocycles. The van der Waals surface area contributed by atoms with Crippen LogP contribution in [0.2, 0.25) is 0 Å². The van der Waals surface area contributed by atoms with Gasteiger partial charge in [-0.2, -0.15) is 0 Å². The Labute approximate surface area is 112 Å². The van der Waals surface area contributed by atoms with Crippen molar-refractivity contribution in [3.05, 3.63) is 34.6 Å². The summed E-state index contributed by atoms with van der Waals surface area (Å²) >= 11 is 1.68. The summed E-state index contributed by atoms with van der Waals surface area (Å²) < 4.78 is 2.28. The molecule has 1 unspecified atom stereocenters.